The molecule has 138 valence electrons. The number of nitrogens with zero attached hydrogens (tertiary/aromatic N) is 3. The molecule has 4 rings (SSSR count). The quantitative estimate of drug-likeness (QED) is 0.881. The third-order valence-electron chi connectivity index (χ3n) is 5.90. The Balaban J connectivity index is 1.62. The molecule has 1 atom stereocenters. The fourth-order valence-corrected chi connectivity index (χ4v) is 4.68. The summed E-state index contributed by atoms with van der Waals surface area (Å²) in [6, 6.07) is 4.16. The van der Waals surface area contributed by atoms with Gasteiger partial charge in [-0.3, -0.25) is 9.89 Å². The number of halogens is 2. The van der Waals surface area contributed by atoms with Crippen molar-refractivity contribution in [3.8, 4) is 0 Å². The van der Waals surface area contributed by atoms with Crippen LogP contribution in [0.1, 0.15) is 60.5 Å². The number of hydrogen-bond donors (Lipinski definition) is 1. The molecule has 0 radical (unpaired) electrons. The largest absolute Gasteiger partial charge is 0.337 e. The van der Waals surface area contributed by atoms with Crippen LogP contribution in [0.4, 0.5) is 4.39 Å². The molecule has 1 aromatic heterocycles. The molecule has 1 unspecified atom stereocenters. The highest BCUT2D eigenvalue weighted by Crippen LogP contribution is 2.52. The van der Waals surface area contributed by atoms with Gasteiger partial charge in [-0.05, 0) is 36.5 Å². The van der Waals surface area contributed by atoms with Crippen molar-refractivity contribution in [3.63, 3.8) is 0 Å². The van der Waals surface area contributed by atoms with E-state index in [1.54, 1.807) is 0 Å². The van der Waals surface area contributed by atoms with Crippen LogP contribution in [0, 0.1) is 11.2 Å². The van der Waals surface area contributed by atoms with Crippen LogP contribution in [0.2, 0.25) is 5.02 Å². The number of aromatic amines is 1. The highest BCUT2D eigenvalue weighted by molar-refractivity contribution is 6.31. The number of nitrogens with one attached hydrogen (secondary N) is 1. The summed E-state index contributed by atoms with van der Waals surface area (Å²) in [4.78, 5) is 19.5. The Labute approximate surface area is 156 Å². The second kappa shape index (κ2) is 6.65. The summed E-state index contributed by atoms with van der Waals surface area (Å²) in [5.74, 6) is 1.22. The Bertz CT molecular complexity index is 831. The standard InChI is InChI=1S/C19H22ClFN4O/c1-2-16-22-17(24-23-16)13-10-25(11-19(13)7-3-4-8-19)18(26)12-5-6-15(21)14(20)9-12/h5-6,9,13H,2-4,7-8,10-11H2,1H3,(H,22,23,24). The van der Waals surface area contributed by atoms with Gasteiger partial charge in [-0.1, -0.05) is 31.4 Å². The zero-order valence-electron chi connectivity index (χ0n) is 14.8. The molecule has 2 aliphatic rings. The number of H-pyrrole nitrogens is 1. The van der Waals surface area contributed by atoms with Crippen LogP contribution in [-0.4, -0.2) is 39.1 Å². The Hall–Kier alpha value is -1.95. The number of aromatic nitrogens is 3. The highest BCUT2D eigenvalue weighted by Gasteiger charge is 2.51. The van der Waals surface area contributed by atoms with Gasteiger partial charge in [0, 0.05) is 31.0 Å². The lowest BCUT2D eigenvalue weighted by Gasteiger charge is -2.27. The normalized spacial score (nSPS) is 21.7. The number of carbonyl (C=O) groups is 1. The summed E-state index contributed by atoms with van der Waals surface area (Å²) in [6.07, 6.45) is 5.32. The summed E-state index contributed by atoms with van der Waals surface area (Å²) in [6.45, 7) is 3.33. The zero-order valence-corrected chi connectivity index (χ0v) is 15.5. The van der Waals surface area contributed by atoms with E-state index in [0.717, 1.165) is 30.9 Å². The van der Waals surface area contributed by atoms with Crippen molar-refractivity contribution >= 4 is 17.5 Å². The van der Waals surface area contributed by atoms with Crippen LogP contribution in [0.3, 0.4) is 0 Å². The van der Waals surface area contributed by atoms with Gasteiger partial charge < -0.3 is 4.90 Å². The first-order valence-electron chi connectivity index (χ1n) is 9.18. The van der Waals surface area contributed by atoms with Gasteiger partial charge in [-0.15, -0.1) is 0 Å². The summed E-state index contributed by atoms with van der Waals surface area (Å²) in [7, 11) is 0. The van der Waals surface area contributed by atoms with Crippen molar-refractivity contribution in [1.82, 2.24) is 20.1 Å². The summed E-state index contributed by atoms with van der Waals surface area (Å²) in [5, 5.41) is 7.42. The molecule has 1 amide bonds. The van der Waals surface area contributed by atoms with Crippen LogP contribution in [0.25, 0.3) is 0 Å². The maximum Gasteiger partial charge on any atom is 0.253 e. The number of benzene rings is 1. The number of hydrogen-bond acceptors (Lipinski definition) is 3. The van der Waals surface area contributed by atoms with E-state index in [0.29, 0.717) is 18.7 Å². The maximum absolute atomic E-state index is 13.4. The summed E-state index contributed by atoms with van der Waals surface area (Å²) < 4.78 is 13.4. The van der Waals surface area contributed by atoms with E-state index >= 15 is 0 Å². The third kappa shape index (κ3) is 2.90. The van der Waals surface area contributed by atoms with Gasteiger partial charge in [-0.2, -0.15) is 5.10 Å². The molecular weight excluding hydrogens is 355 g/mol. The molecule has 2 fully saturated rings. The van der Waals surface area contributed by atoms with E-state index in [1.165, 1.54) is 31.0 Å². The zero-order chi connectivity index (χ0) is 18.3. The van der Waals surface area contributed by atoms with Gasteiger partial charge in [0.15, 0.2) is 5.82 Å². The van der Waals surface area contributed by atoms with Crippen LogP contribution < -0.4 is 0 Å². The Morgan fingerprint density at radius 1 is 1.42 bits per heavy atom. The first-order valence-corrected chi connectivity index (χ1v) is 9.56. The van der Waals surface area contributed by atoms with Crippen LogP contribution in [0.15, 0.2) is 18.2 Å². The molecule has 1 saturated carbocycles. The van der Waals surface area contributed by atoms with E-state index in [1.807, 2.05) is 11.8 Å². The van der Waals surface area contributed by atoms with Crippen molar-refractivity contribution in [2.24, 2.45) is 5.41 Å². The smallest absolute Gasteiger partial charge is 0.253 e. The van der Waals surface area contributed by atoms with Gasteiger partial charge in [0.05, 0.1) is 5.02 Å². The first kappa shape index (κ1) is 17.5. The van der Waals surface area contributed by atoms with Crippen molar-refractivity contribution in [3.05, 3.63) is 46.3 Å². The lowest BCUT2D eigenvalue weighted by molar-refractivity contribution is 0.0773. The molecule has 2 aromatic rings. The summed E-state index contributed by atoms with van der Waals surface area (Å²) in [5.41, 5.74) is 0.474. The molecule has 2 heterocycles. The Kier molecular flexibility index (Phi) is 4.47. The Morgan fingerprint density at radius 3 is 2.85 bits per heavy atom. The molecule has 1 aliphatic heterocycles. The number of carbonyl (C=O) groups excluding carboxylic acids is 1. The second-order valence-electron chi connectivity index (χ2n) is 7.43. The maximum atomic E-state index is 13.4. The number of rotatable bonds is 3. The van der Waals surface area contributed by atoms with Gasteiger partial charge in [-0.25, -0.2) is 9.37 Å². The molecule has 1 saturated heterocycles. The van der Waals surface area contributed by atoms with Gasteiger partial charge in [0.2, 0.25) is 0 Å². The molecule has 1 spiro atoms. The third-order valence-corrected chi connectivity index (χ3v) is 6.19. The molecule has 1 aromatic carbocycles. The molecule has 0 bridgehead atoms. The topological polar surface area (TPSA) is 61.9 Å². The fourth-order valence-electron chi connectivity index (χ4n) is 4.50. The van der Waals surface area contributed by atoms with E-state index in [4.69, 9.17) is 11.6 Å². The van der Waals surface area contributed by atoms with E-state index < -0.39 is 5.82 Å². The molecule has 26 heavy (non-hydrogen) atoms. The van der Waals surface area contributed by atoms with Crippen molar-refractivity contribution < 1.29 is 9.18 Å². The molecule has 1 N–H and O–H groups in total. The lowest BCUT2D eigenvalue weighted by Crippen LogP contribution is -2.31. The molecule has 1 aliphatic carbocycles. The SMILES string of the molecule is CCc1nc(C2CN(C(=O)c3ccc(F)c(Cl)c3)CC23CCCC3)n[nH]1. The van der Waals surface area contributed by atoms with Crippen LogP contribution in [0.5, 0.6) is 0 Å². The van der Waals surface area contributed by atoms with E-state index in [9.17, 15) is 9.18 Å². The predicted molar refractivity (Wildman–Crippen MR) is 96.7 cm³/mol. The average molecular weight is 377 g/mol. The minimum Gasteiger partial charge on any atom is -0.337 e. The lowest BCUT2D eigenvalue weighted by atomic mass is 9.76. The van der Waals surface area contributed by atoms with Crippen LogP contribution in [-0.2, 0) is 6.42 Å². The monoisotopic (exact) mass is 376 g/mol. The number of aryl methyl sites for hydroxylation is 1. The van der Waals surface area contributed by atoms with E-state index in [2.05, 4.69) is 15.2 Å². The molecule has 5 nitrogen and oxygen atoms in total. The van der Waals surface area contributed by atoms with Crippen LogP contribution >= 0.6 is 11.6 Å². The molecule has 7 heteroatoms. The van der Waals surface area contributed by atoms with Crippen molar-refractivity contribution in [2.45, 2.75) is 44.9 Å². The summed E-state index contributed by atoms with van der Waals surface area (Å²) >= 11 is 5.86. The van der Waals surface area contributed by atoms with E-state index in [-0.39, 0.29) is 22.3 Å². The minimum atomic E-state index is -0.511. The number of amides is 1. The van der Waals surface area contributed by atoms with Crippen molar-refractivity contribution in [2.75, 3.05) is 13.1 Å². The van der Waals surface area contributed by atoms with Gasteiger partial charge in [0.25, 0.3) is 5.91 Å². The molecular formula is C19H22ClFN4O. The fraction of sp³-hybridized carbons (Fsp3) is 0.526. The van der Waals surface area contributed by atoms with Crippen molar-refractivity contribution in [1.29, 1.82) is 0 Å². The van der Waals surface area contributed by atoms with Gasteiger partial charge in [0.1, 0.15) is 11.6 Å². The highest BCUT2D eigenvalue weighted by atomic mass is 35.5. The second-order valence-corrected chi connectivity index (χ2v) is 7.84. The first-order chi connectivity index (χ1) is 12.5. The average Bonchev–Trinajstić information content (AvgIpc) is 3.37. The Morgan fingerprint density at radius 2 is 2.19 bits per heavy atom. The number of likely N-dealkylation sites (tertiary alicyclic amines) is 1. The minimum absolute atomic E-state index is 0.0243. The van der Waals surface area contributed by atoms with Gasteiger partial charge >= 0.3 is 0 Å². The predicted octanol–water partition coefficient (Wildman–Crippen LogP) is 3.96.